The molecule has 0 aromatic carbocycles. The van der Waals surface area contributed by atoms with Crippen LogP contribution in [0.15, 0.2) is 12.4 Å². The summed E-state index contributed by atoms with van der Waals surface area (Å²) in [6, 6.07) is 2.32. The quantitative estimate of drug-likeness (QED) is 0.827. The van der Waals surface area contributed by atoms with E-state index in [4.69, 9.17) is 5.11 Å². The van der Waals surface area contributed by atoms with Gasteiger partial charge in [-0.15, -0.1) is 0 Å². The van der Waals surface area contributed by atoms with Gasteiger partial charge in [0.05, 0.1) is 6.61 Å². The Kier molecular flexibility index (Phi) is 4.68. The number of aliphatic hydroxyl groups excluding tert-OH is 1. The van der Waals surface area contributed by atoms with Crippen molar-refractivity contribution in [2.45, 2.75) is 39.7 Å². The first-order valence-electron chi connectivity index (χ1n) is 5.75. The monoisotopic (exact) mass is 223 g/mol. The molecule has 1 rings (SSSR count). The van der Waals surface area contributed by atoms with Gasteiger partial charge in [-0.1, -0.05) is 13.8 Å². The molecule has 90 valence electrons. The van der Waals surface area contributed by atoms with Gasteiger partial charge < -0.3 is 10.0 Å². The fraction of sp³-hybridized carbons (Fsp3) is 0.667. The Morgan fingerprint density at radius 1 is 1.25 bits per heavy atom. The van der Waals surface area contributed by atoms with Gasteiger partial charge in [0.15, 0.2) is 0 Å². The van der Waals surface area contributed by atoms with E-state index in [-0.39, 0.29) is 6.61 Å². The van der Waals surface area contributed by atoms with Crippen LogP contribution in [-0.2, 0) is 0 Å². The third-order valence-electron chi connectivity index (χ3n) is 2.52. The third-order valence-corrected chi connectivity index (χ3v) is 2.52. The van der Waals surface area contributed by atoms with Gasteiger partial charge in [0.25, 0.3) is 0 Å². The lowest BCUT2D eigenvalue weighted by molar-refractivity contribution is 0.298. The Balaban J connectivity index is 2.95. The van der Waals surface area contributed by atoms with E-state index in [0.717, 1.165) is 11.5 Å². The molecule has 0 spiro atoms. The smallest absolute Gasteiger partial charge is 0.132 e. The van der Waals surface area contributed by atoms with E-state index in [1.165, 1.54) is 0 Å². The number of rotatable bonds is 5. The molecule has 0 saturated carbocycles. The Labute approximate surface area is 97.3 Å². The summed E-state index contributed by atoms with van der Waals surface area (Å²) < 4.78 is 0. The van der Waals surface area contributed by atoms with Crippen molar-refractivity contribution in [3.8, 4) is 0 Å². The molecule has 4 nitrogen and oxygen atoms in total. The molecule has 1 heterocycles. The molecule has 1 aromatic rings. The van der Waals surface area contributed by atoms with Gasteiger partial charge in [-0.2, -0.15) is 0 Å². The van der Waals surface area contributed by atoms with Crippen molar-refractivity contribution in [1.29, 1.82) is 0 Å². The molecule has 4 heteroatoms. The summed E-state index contributed by atoms with van der Waals surface area (Å²) in [5.41, 5.74) is 1.04. The topological polar surface area (TPSA) is 49.2 Å². The summed E-state index contributed by atoms with van der Waals surface area (Å²) in [5, 5.41) is 9.04. The molecule has 0 atom stereocenters. The number of anilines is 1. The lowest BCUT2D eigenvalue weighted by atomic mass is 10.1. The first kappa shape index (κ1) is 12.9. The summed E-state index contributed by atoms with van der Waals surface area (Å²) >= 11 is 0. The van der Waals surface area contributed by atoms with Crippen LogP contribution in [0.4, 0.5) is 5.82 Å². The first-order chi connectivity index (χ1) is 7.56. The van der Waals surface area contributed by atoms with Gasteiger partial charge >= 0.3 is 0 Å². The lowest BCUT2D eigenvalue weighted by Crippen LogP contribution is -2.34. The molecule has 1 N–H and O–H groups in total. The highest BCUT2D eigenvalue weighted by Gasteiger charge is 2.12. The molecule has 0 saturated heterocycles. The second-order valence-electron chi connectivity index (χ2n) is 4.47. The van der Waals surface area contributed by atoms with E-state index in [2.05, 4.69) is 42.6 Å². The van der Waals surface area contributed by atoms with Crippen LogP contribution >= 0.6 is 0 Å². The van der Waals surface area contributed by atoms with Crippen LogP contribution in [0, 0.1) is 0 Å². The molecule has 0 radical (unpaired) electrons. The fourth-order valence-corrected chi connectivity index (χ4v) is 1.58. The van der Waals surface area contributed by atoms with E-state index in [9.17, 15) is 0 Å². The largest absolute Gasteiger partial charge is 0.395 e. The molecule has 0 aliphatic carbocycles. The average Bonchev–Trinajstić information content (AvgIpc) is 2.25. The van der Waals surface area contributed by atoms with Gasteiger partial charge in [-0.3, -0.25) is 0 Å². The number of hydrogen-bond donors (Lipinski definition) is 1. The van der Waals surface area contributed by atoms with Crippen molar-refractivity contribution in [2.75, 3.05) is 18.1 Å². The second kappa shape index (κ2) is 5.80. The standard InChI is InChI=1S/C12H21N3O/c1-9(2)11-7-12(14-8-13-11)15(5-6-16)10(3)4/h7-10,16H,5-6H2,1-4H3. The maximum atomic E-state index is 9.04. The molecule has 0 amide bonds. The highest BCUT2D eigenvalue weighted by atomic mass is 16.3. The van der Waals surface area contributed by atoms with Crippen LogP contribution < -0.4 is 4.90 Å². The van der Waals surface area contributed by atoms with Crippen LogP contribution in [-0.4, -0.2) is 34.3 Å². The van der Waals surface area contributed by atoms with Crippen LogP contribution in [0.2, 0.25) is 0 Å². The van der Waals surface area contributed by atoms with Crippen molar-refractivity contribution in [3.63, 3.8) is 0 Å². The molecule has 0 unspecified atom stereocenters. The van der Waals surface area contributed by atoms with E-state index in [1.54, 1.807) is 6.33 Å². The van der Waals surface area contributed by atoms with Crippen molar-refractivity contribution in [1.82, 2.24) is 9.97 Å². The van der Waals surface area contributed by atoms with E-state index >= 15 is 0 Å². The summed E-state index contributed by atoms with van der Waals surface area (Å²) in [6.45, 7) is 9.14. The average molecular weight is 223 g/mol. The molecule has 16 heavy (non-hydrogen) atoms. The minimum Gasteiger partial charge on any atom is -0.395 e. The molecule has 0 fully saturated rings. The fourth-order valence-electron chi connectivity index (χ4n) is 1.58. The summed E-state index contributed by atoms with van der Waals surface area (Å²) in [5.74, 6) is 1.28. The van der Waals surface area contributed by atoms with Crippen LogP contribution in [0.3, 0.4) is 0 Å². The first-order valence-corrected chi connectivity index (χ1v) is 5.75. The second-order valence-corrected chi connectivity index (χ2v) is 4.47. The zero-order valence-corrected chi connectivity index (χ0v) is 10.5. The van der Waals surface area contributed by atoms with Crippen LogP contribution in [0.1, 0.15) is 39.3 Å². The molecule has 0 aliphatic heterocycles. The minimum atomic E-state index is 0.138. The Morgan fingerprint density at radius 2 is 1.94 bits per heavy atom. The van der Waals surface area contributed by atoms with Crippen molar-refractivity contribution < 1.29 is 5.11 Å². The van der Waals surface area contributed by atoms with Crippen molar-refractivity contribution in [3.05, 3.63) is 18.1 Å². The van der Waals surface area contributed by atoms with Crippen LogP contribution in [0.25, 0.3) is 0 Å². The Hall–Kier alpha value is -1.16. The van der Waals surface area contributed by atoms with E-state index in [1.807, 2.05) is 6.07 Å². The molecule has 1 aromatic heterocycles. The molecule has 0 aliphatic rings. The third kappa shape index (κ3) is 3.17. The lowest BCUT2D eigenvalue weighted by Gasteiger charge is -2.27. The maximum Gasteiger partial charge on any atom is 0.132 e. The van der Waals surface area contributed by atoms with Gasteiger partial charge in [-0.25, -0.2) is 9.97 Å². The van der Waals surface area contributed by atoms with Gasteiger partial charge in [0.2, 0.25) is 0 Å². The van der Waals surface area contributed by atoms with Crippen molar-refractivity contribution in [2.24, 2.45) is 0 Å². The summed E-state index contributed by atoms with van der Waals surface area (Å²) in [6.07, 6.45) is 1.59. The van der Waals surface area contributed by atoms with Gasteiger partial charge in [0.1, 0.15) is 12.1 Å². The molecular formula is C12H21N3O. The van der Waals surface area contributed by atoms with Crippen LogP contribution in [0.5, 0.6) is 0 Å². The molecular weight excluding hydrogens is 202 g/mol. The predicted octanol–water partition coefficient (Wildman–Crippen LogP) is 1.81. The summed E-state index contributed by atoms with van der Waals surface area (Å²) in [7, 11) is 0. The van der Waals surface area contributed by atoms with E-state index < -0.39 is 0 Å². The van der Waals surface area contributed by atoms with E-state index in [0.29, 0.717) is 18.5 Å². The zero-order chi connectivity index (χ0) is 12.1. The number of aromatic nitrogens is 2. The highest BCUT2D eigenvalue weighted by molar-refractivity contribution is 5.40. The highest BCUT2D eigenvalue weighted by Crippen LogP contribution is 2.18. The maximum absolute atomic E-state index is 9.04. The number of nitrogens with zero attached hydrogens (tertiary/aromatic N) is 3. The molecule has 0 bridgehead atoms. The van der Waals surface area contributed by atoms with Gasteiger partial charge in [-0.05, 0) is 19.8 Å². The SMILES string of the molecule is CC(C)c1cc(N(CCO)C(C)C)ncn1. The number of hydrogen-bond acceptors (Lipinski definition) is 4. The zero-order valence-electron chi connectivity index (χ0n) is 10.5. The summed E-state index contributed by atoms with van der Waals surface area (Å²) in [4.78, 5) is 10.6. The number of aliphatic hydroxyl groups is 1. The van der Waals surface area contributed by atoms with Crippen molar-refractivity contribution >= 4 is 5.82 Å². The normalized spacial score (nSPS) is 11.2. The Bertz CT molecular complexity index is 326. The minimum absolute atomic E-state index is 0.138. The Morgan fingerprint density at radius 3 is 2.44 bits per heavy atom. The van der Waals surface area contributed by atoms with Gasteiger partial charge in [0, 0.05) is 24.3 Å². The predicted molar refractivity (Wildman–Crippen MR) is 65.7 cm³/mol.